The molecule has 0 heterocycles. The number of carbonyl (C=O) groups excluding carboxylic acids is 2. The van der Waals surface area contributed by atoms with Gasteiger partial charge in [-0.05, 0) is 35.8 Å². The minimum absolute atomic E-state index is 0.0286. The van der Waals surface area contributed by atoms with Gasteiger partial charge in [0.1, 0.15) is 0 Å². The Kier molecular flexibility index (Phi) is 1.90. The van der Waals surface area contributed by atoms with Gasteiger partial charge in [-0.1, -0.05) is 24.3 Å². The van der Waals surface area contributed by atoms with Gasteiger partial charge in [0.15, 0.2) is 11.6 Å². The van der Waals surface area contributed by atoms with Crippen LogP contribution in [0, 0.1) is 5.92 Å². The Balaban J connectivity index is 2.17. The van der Waals surface area contributed by atoms with Crippen LogP contribution in [0.3, 0.4) is 0 Å². The van der Waals surface area contributed by atoms with Crippen molar-refractivity contribution in [2.45, 2.75) is 6.42 Å². The van der Waals surface area contributed by atoms with Crippen LogP contribution in [-0.2, 0) is 16.0 Å². The number of ketones is 2. The fraction of sp³-hybridized carbons (Fsp3) is 0.143. The minimum Gasteiger partial charge on any atom is -0.294 e. The Hall–Kier alpha value is -1.96. The van der Waals surface area contributed by atoms with Gasteiger partial charge >= 0.3 is 0 Å². The highest BCUT2D eigenvalue weighted by Crippen LogP contribution is 2.32. The van der Waals surface area contributed by atoms with Crippen LogP contribution in [0.4, 0.5) is 0 Å². The highest BCUT2D eigenvalue weighted by Gasteiger charge is 2.31. The van der Waals surface area contributed by atoms with E-state index in [1.165, 1.54) is 12.2 Å². The average molecular weight is 210 g/mol. The first-order valence-corrected chi connectivity index (χ1v) is 5.31. The summed E-state index contributed by atoms with van der Waals surface area (Å²) in [6.07, 6.45) is 5.28. The SMILES string of the molecule is O=C1C=CC(=O)C2Cc3ccccc3C=C12. The van der Waals surface area contributed by atoms with E-state index in [0.29, 0.717) is 12.0 Å². The summed E-state index contributed by atoms with van der Waals surface area (Å²) in [5, 5.41) is 0. The number of carbonyl (C=O) groups is 2. The molecule has 2 aliphatic rings. The largest absolute Gasteiger partial charge is 0.294 e. The Morgan fingerprint density at radius 3 is 2.75 bits per heavy atom. The number of benzene rings is 1. The summed E-state index contributed by atoms with van der Waals surface area (Å²) in [6.45, 7) is 0. The molecule has 16 heavy (non-hydrogen) atoms. The van der Waals surface area contributed by atoms with Crippen molar-refractivity contribution in [3.63, 3.8) is 0 Å². The fourth-order valence-corrected chi connectivity index (χ4v) is 2.33. The molecule has 1 aromatic carbocycles. The maximum absolute atomic E-state index is 11.7. The number of hydrogen-bond acceptors (Lipinski definition) is 2. The molecule has 0 bridgehead atoms. The van der Waals surface area contributed by atoms with Gasteiger partial charge in [-0.3, -0.25) is 9.59 Å². The van der Waals surface area contributed by atoms with Crippen LogP contribution >= 0.6 is 0 Å². The van der Waals surface area contributed by atoms with Gasteiger partial charge in [0, 0.05) is 5.57 Å². The van der Waals surface area contributed by atoms with Crippen molar-refractivity contribution in [3.05, 3.63) is 53.1 Å². The molecule has 0 saturated carbocycles. The Bertz CT molecular complexity index is 550. The summed E-state index contributed by atoms with van der Waals surface area (Å²) in [5.41, 5.74) is 2.85. The quantitative estimate of drug-likeness (QED) is 0.656. The highest BCUT2D eigenvalue weighted by molar-refractivity contribution is 6.18. The van der Waals surface area contributed by atoms with Gasteiger partial charge in [-0.2, -0.15) is 0 Å². The predicted molar refractivity (Wildman–Crippen MR) is 60.8 cm³/mol. The molecule has 0 amide bonds. The van der Waals surface area contributed by atoms with Crippen LogP contribution in [0.2, 0.25) is 0 Å². The van der Waals surface area contributed by atoms with E-state index in [-0.39, 0.29) is 17.5 Å². The third-order valence-corrected chi connectivity index (χ3v) is 3.19. The summed E-state index contributed by atoms with van der Waals surface area (Å²) in [7, 11) is 0. The molecule has 0 aromatic heterocycles. The third kappa shape index (κ3) is 1.27. The summed E-state index contributed by atoms with van der Waals surface area (Å²) >= 11 is 0. The lowest BCUT2D eigenvalue weighted by molar-refractivity contribution is -0.121. The molecule has 2 heteroatoms. The van der Waals surface area contributed by atoms with Crippen LogP contribution in [-0.4, -0.2) is 11.6 Å². The lowest BCUT2D eigenvalue weighted by Crippen LogP contribution is -2.28. The maximum Gasteiger partial charge on any atom is 0.182 e. The van der Waals surface area contributed by atoms with Crippen molar-refractivity contribution >= 4 is 17.6 Å². The Labute approximate surface area is 93.3 Å². The molecule has 0 spiro atoms. The summed E-state index contributed by atoms with van der Waals surface area (Å²) in [5.74, 6) is -0.244. The van der Waals surface area contributed by atoms with Crippen molar-refractivity contribution < 1.29 is 9.59 Å². The van der Waals surface area contributed by atoms with E-state index < -0.39 is 0 Å². The van der Waals surface area contributed by atoms with E-state index in [1.807, 2.05) is 30.3 Å². The van der Waals surface area contributed by atoms with E-state index in [9.17, 15) is 9.59 Å². The fourth-order valence-electron chi connectivity index (χ4n) is 2.33. The molecule has 0 radical (unpaired) electrons. The molecule has 2 aliphatic carbocycles. The third-order valence-electron chi connectivity index (χ3n) is 3.19. The van der Waals surface area contributed by atoms with Gasteiger partial charge in [0.05, 0.1) is 5.92 Å². The molecule has 0 N–H and O–H groups in total. The molecule has 1 atom stereocenters. The zero-order valence-corrected chi connectivity index (χ0v) is 8.64. The van der Waals surface area contributed by atoms with E-state index in [4.69, 9.17) is 0 Å². The molecular weight excluding hydrogens is 200 g/mol. The highest BCUT2D eigenvalue weighted by atomic mass is 16.1. The van der Waals surface area contributed by atoms with Gasteiger partial charge in [0.2, 0.25) is 0 Å². The van der Waals surface area contributed by atoms with Crippen molar-refractivity contribution in [1.29, 1.82) is 0 Å². The number of fused-ring (bicyclic) bond motifs is 2. The molecule has 0 fully saturated rings. The van der Waals surface area contributed by atoms with E-state index >= 15 is 0 Å². The van der Waals surface area contributed by atoms with E-state index in [0.717, 1.165) is 11.1 Å². The first-order valence-electron chi connectivity index (χ1n) is 5.31. The summed E-state index contributed by atoms with van der Waals surface area (Å²) in [6, 6.07) is 7.90. The molecule has 1 unspecified atom stereocenters. The van der Waals surface area contributed by atoms with Crippen LogP contribution in [0.25, 0.3) is 6.08 Å². The standard InChI is InChI=1S/C14H10O2/c15-13-5-6-14(16)12-8-10-4-2-1-3-9(10)7-11(12)13/h1-7,12H,8H2. The average Bonchev–Trinajstić information content (AvgIpc) is 2.32. The zero-order chi connectivity index (χ0) is 11.1. The summed E-state index contributed by atoms with van der Waals surface area (Å²) in [4.78, 5) is 23.4. The molecule has 0 saturated heterocycles. The number of hydrogen-bond donors (Lipinski definition) is 0. The lowest BCUT2D eigenvalue weighted by Gasteiger charge is -2.24. The van der Waals surface area contributed by atoms with E-state index in [1.54, 1.807) is 0 Å². The number of rotatable bonds is 0. The topological polar surface area (TPSA) is 34.1 Å². The molecule has 3 rings (SSSR count). The van der Waals surface area contributed by atoms with Crippen molar-refractivity contribution in [2.75, 3.05) is 0 Å². The first kappa shape index (κ1) is 9.28. The monoisotopic (exact) mass is 210 g/mol. The van der Waals surface area contributed by atoms with Crippen molar-refractivity contribution in [1.82, 2.24) is 0 Å². The van der Waals surface area contributed by atoms with Crippen molar-refractivity contribution in [2.24, 2.45) is 5.92 Å². The molecule has 2 nitrogen and oxygen atoms in total. The Morgan fingerprint density at radius 1 is 1.06 bits per heavy atom. The summed E-state index contributed by atoms with van der Waals surface area (Å²) < 4.78 is 0. The predicted octanol–water partition coefficient (Wildman–Crippen LogP) is 1.95. The second-order valence-electron chi connectivity index (χ2n) is 4.16. The van der Waals surface area contributed by atoms with Crippen LogP contribution < -0.4 is 0 Å². The Morgan fingerprint density at radius 2 is 1.88 bits per heavy atom. The first-order chi connectivity index (χ1) is 7.75. The molecule has 78 valence electrons. The molecule has 0 aliphatic heterocycles. The number of allylic oxidation sites excluding steroid dienone is 3. The van der Waals surface area contributed by atoms with Crippen LogP contribution in [0.15, 0.2) is 42.0 Å². The van der Waals surface area contributed by atoms with Gasteiger partial charge in [-0.25, -0.2) is 0 Å². The van der Waals surface area contributed by atoms with Gasteiger partial charge in [0.25, 0.3) is 0 Å². The molecular formula is C14H10O2. The van der Waals surface area contributed by atoms with Crippen LogP contribution in [0.5, 0.6) is 0 Å². The maximum atomic E-state index is 11.7. The van der Waals surface area contributed by atoms with Gasteiger partial charge < -0.3 is 0 Å². The second-order valence-corrected chi connectivity index (χ2v) is 4.16. The zero-order valence-electron chi connectivity index (χ0n) is 8.64. The van der Waals surface area contributed by atoms with Crippen LogP contribution in [0.1, 0.15) is 11.1 Å². The van der Waals surface area contributed by atoms with E-state index in [2.05, 4.69) is 0 Å². The minimum atomic E-state index is -0.257. The molecule has 1 aromatic rings. The smallest absolute Gasteiger partial charge is 0.182 e. The lowest BCUT2D eigenvalue weighted by atomic mass is 9.77. The van der Waals surface area contributed by atoms with Gasteiger partial charge in [-0.15, -0.1) is 0 Å². The van der Waals surface area contributed by atoms with Crippen molar-refractivity contribution in [3.8, 4) is 0 Å². The normalized spacial score (nSPS) is 22.5. The second kappa shape index (κ2) is 3.27.